The summed E-state index contributed by atoms with van der Waals surface area (Å²) in [6, 6.07) is 7.11. The maximum atomic E-state index is 13.7. The van der Waals surface area contributed by atoms with Gasteiger partial charge in [0.1, 0.15) is 17.6 Å². The summed E-state index contributed by atoms with van der Waals surface area (Å²) in [4.78, 5) is 33.5. The molecule has 2 heterocycles. The predicted molar refractivity (Wildman–Crippen MR) is 143 cm³/mol. The maximum absolute atomic E-state index is 13.7. The minimum Gasteiger partial charge on any atom is -0.440 e. The summed E-state index contributed by atoms with van der Waals surface area (Å²) in [6.07, 6.45) is 9.20. The van der Waals surface area contributed by atoms with E-state index in [2.05, 4.69) is 15.6 Å². The number of carbonyl (C=O) groups excluding carboxylic acids is 2. The Morgan fingerprint density at radius 3 is 2.51 bits per heavy atom. The number of benzene rings is 1. The molecule has 8 nitrogen and oxygen atoms in total. The van der Waals surface area contributed by atoms with Gasteiger partial charge in [0.25, 0.3) is 0 Å². The highest BCUT2D eigenvalue weighted by Gasteiger charge is 2.41. The van der Waals surface area contributed by atoms with Crippen molar-refractivity contribution in [3.63, 3.8) is 0 Å². The Kier molecular flexibility index (Phi) is 7.19. The minimum absolute atomic E-state index is 0.0235. The lowest BCUT2D eigenvalue weighted by molar-refractivity contribution is -0.142. The molecule has 2 atom stereocenters. The first kappa shape index (κ1) is 25.6. The van der Waals surface area contributed by atoms with Crippen LogP contribution < -0.4 is 16.4 Å². The highest BCUT2D eigenvalue weighted by atomic mass is 16.3. The highest BCUT2D eigenvalue weighted by molar-refractivity contribution is 5.91. The van der Waals surface area contributed by atoms with Crippen molar-refractivity contribution in [2.75, 3.05) is 6.54 Å². The van der Waals surface area contributed by atoms with Gasteiger partial charge in [-0.05, 0) is 74.8 Å². The number of oxazole rings is 1. The van der Waals surface area contributed by atoms with Crippen LogP contribution in [0.2, 0.25) is 0 Å². The van der Waals surface area contributed by atoms with Crippen LogP contribution in [0.25, 0.3) is 11.1 Å². The highest BCUT2D eigenvalue weighted by Crippen LogP contribution is 2.35. The van der Waals surface area contributed by atoms with Crippen LogP contribution in [0, 0.1) is 11.3 Å². The number of nitrogens with one attached hydrogen (secondary N) is 2. The molecule has 3 aliphatic rings. The fourth-order valence-corrected chi connectivity index (χ4v) is 5.72. The summed E-state index contributed by atoms with van der Waals surface area (Å²) in [5.41, 5.74) is 8.39. The summed E-state index contributed by atoms with van der Waals surface area (Å²) in [6.45, 7) is 6.75. The standard InChI is InChI=1S/C29H41N5O3/c1-29(2,3)25(31-17-21(30)18-10-11-18)28(36)34-16-6-8-23(34)26(35)32-20-14-12-19(13-15-20)27-33-22-7-4-5-9-24(22)37-27/h4-5,7,9,17-20,23,25,31H,6,8,10-16,30H2,1-3H3,(H,32,35)/b21-17-/t19?,20?,23-,25+/m0/s1. The molecule has 3 fully saturated rings. The third-order valence-corrected chi connectivity index (χ3v) is 8.15. The molecule has 8 heteroatoms. The van der Waals surface area contributed by atoms with Gasteiger partial charge in [0, 0.05) is 30.4 Å². The number of amides is 2. The molecule has 0 unspecified atom stereocenters. The topological polar surface area (TPSA) is 113 Å². The number of allylic oxidation sites excluding steroid dienone is 1. The van der Waals surface area contributed by atoms with Crippen LogP contribution in [0.15, 0.2) is 40.6 Å². The van der Waals surface area contributed by atoms with Gasteiger partial charge in [-0.2, -0.15) is 0 Å². The Hall–Kier alpha value is -3.03. The first-order valence-corrected chi connectivity index (χ1v) is 13.9. The number of likely N-dealkylation sites (tertiary alicyclic amines) is 1. The van der Waals surface area contributed by atoms with Gasteiger partial charge in [-0.15, -0.1) is 0 Å². The van der Waals surface area contributed by atoms with E-state index in [1.807, 2.05) is 51.2 Å². The van der Waals surface area contributed by atoms with Crippen molar-refractivity contribution < 1.29 is 14.0 Å². The van der Waals surface area contributed by atoms with Crippen molar-refractivity contribution >= 4 is 22.9 Å². The Balaban J connectivity index is 1.17. The number of rotatable bonds is 7. The zero-order valence-corrected chi connectivity index (χ0v) is 22.3. The Bertz CT molecular complexity index is 1120. The molecular formula is C29H41N5O3. The SMILES string of the molecule is CC(C)(C)[C@H](N/C=C(\N)C1CC1)C(=O)N1CCC[C@H]1C(=O)NC1CCC(c2nc3ccccc3o2)CC1. The molecule has 1 saturated heterocycles. The quantitative estimate of drug-likeness (QED) is 0.518. The first-order valence-electron chi connectivity index (χ1n) is 13.9. The lowest BCUT2D eigenvalue weighted by Crippen LogP contribution is -2.56. The van der Waals surface area contributed by atoms with Crippen LogP contribution in [-0.2, 0) is 9.59 Å². The van der Waals surface area contributed by atoms with E-state index in [0.29, 0.717) is 18.9 Å². The monoisotopic (exact) mass is 507 g/mol. The molecule has 5 rings (SSSR count). The Morgan fingerprint density at radius 1 is 1.11 bits per heavy atom. The fourth-order valence-electron chi connectivity index (χ4n) is 5.72. The minimum atomic E-state index is -0.440. The molecule has 1 aromatic carbocycles. The average molecular weight is 508 g/mol. The molecule has 37 heavy (non-hydrogen) atoms. The van der Waals surface area contributed by atoms with E-state index in [1.165, 1.54) is 0 Å². The van der Waals surface area contributed by atoms with E-state index >= 15 is 0 Å². The van der Waals surface area contributed by atoms with Crippen molar-refractivity contribution in [3.05, 3.63) is 42.1 Å². The van der Waals surface area contributed by atoms with Gasteiger partial charge in [-0.1, -0.05) is 32.9 Å². The molecule has 0 radical (unpaired) electrons. The summed E-state index contributed by atoms with van der Waals surface area (Å²) < 4.78 is 5.99. The molecule has 0 bridgehead atoms. The van der Waals surface area contributed by atoms with Crippen molar-refractivity contribution in [1.82, 2.24) is 20.5 Å². The van der Waals surface area contributed by atoms with E-state index in [9.17, 15) is 9.59 Å². The number of fused-ring (bicyclic) bond motifs is 1. The van der Waals surface area contributed by atoms with Gasteiger partial charge in [0.15, 0.2) is 11.5 Å². The van der Waals surface area contributed by atoms with Gasteiger partial charge < -0.3 is 25.7 Å². The van der Waals surface area contributed by atoms with Crippen LogP contribution in [-0.4, -0.2) is 46.4 Å². The molecule has 0 spiro atoms. The van der Waals surface area contributed by atoms with Crippen LogP contribution in [0.3, 0.4) is 0 Å². The van der Waals surface area contributed by atoms with Gasteiger partial charge in [-0.25, -0.2) is 4.98 Å². The Morgan fingerprint density at radius 2 is 1.84 bits per heavy atom. The van der Waals surface area contributed by atoms with E-state index < -0.39 is 12.1 Å². The summed E-state index contributed by atoms with van der Waals surface area (Å²) >= 11 is 0. The van der Waals surface area contributed by atoms with Crippen LogP contribution >= 0.6 is 0 Å². The van der Waals surface area contributed by atoms with Crippen molar-refractivity contribution in [2.45, 2.75) is 96.2 Å². The van der Waals surface area contributed by atoms with Crippen LogP contribution in [0.1, 0.15) is 83.9 Å². The van der Waals surface area contributed by atoms with Gasteiger partial charge in [-0.3, -0.25) is 9.59 Å². The number of nitrogens with two attached hydrogens (primary N) is 1. The summed E-state index contributed by atoms with van der Waals surface area (Å²) in [5.74, 6) is 1.46. The molecule has 2 amide bonds. The molecular weight excluding hydrogens is 466 g/mol. The fraction of sp³-hybridized carbons (Fsp3) is 0.621. The zero-order chi connectivity index (χ0) is 26.2. The number of hydrogen-bond donors (Lipinski definition) is 3. The smallest absolute Gasteiger partial charge is 0.246 e. The molecule has 200 valence electrons. The molecule has 1 aromatic heterocycles. The number of nitrogens with zero attached hydrogens (tertiary/aromatic N) is 2. The number of carbonyl (C=O) groups is 2. The molecule has 4 N–H and O–H groups in total. The van der Waals surface area contributed by atoms with Crippen molar-refractivity contribution in [1.29, 1.82) is 0 Å². The van der Waals surface area contributed by atoms with Crippen molar-refractivity contribution in [3.8, 4) is 0 Å². The number of para-hydroxylation sites is 2. The summed E-state index contributed by atoms with van der Waals surface area (Å²) in [7, 11) is 0. The van der Waals surface area contributed by atoms with Gasteiger partial charge >= 0.3 is 0 Å². The second kappa shape index (κ2) is 10.4. The zero-order valence-electron chi connectivity index (χ0n) is 22.3. The third-order valence-electron chi connectivity index (χ3n) is 8.15. The van der Waals surface area contributed by atoms with E-state index in [4.69, 9.17) is 10.2 Å². The van der Waals surface area contributed by atoms with E-state index in [0.717, 1.165) is 67.6 Å². The molecule has 1 aliphatic heterocycles. The van der Waals surface area contributed by atoms with Gasteiger partial charge in [0.2, 0.25) is 11.8 Å². The normalized spacial score (nSPS) is 25.8. The lowest BCUT2D eigenvalue weighted by atomic mass is 9.85. The van der Waals surface area contributed by atoms with Gasteiger partial charge in [0.05, 0.1) is 0 Å². The van der Waals surface area contributed by atoms with E-state index in [-0.39, 0.29) is 29.2 Å². The molecule has 2 aromatic rings. The van der Waals surface area contributed by atoms with E-state index in [1.54, 1.807) is 4.90 Å². The molecule has 2 saturated carbocycles. The van der Waals surface area contributed by atoms with Crippen molar-refractivity contribution in [2.24, 2.45) is 17.1 Å². The number of hydrogen-bond acceptors (Lipinski definition) is 6. The second-order valence-electron chi connectivity index (χ2n) is 12.2. The largest absolute Gasteiger partial charge is 0.440 e. The lowest BCUT2D eigenvalue weighted by Gasteiger charge is -2.36. The second-order valence-corrected chi connectivity index (χ2v) is 12.2. The predicted octanol–water partition coefficient (Wildman–Crippen LogP) is 4.18. The third kappa shape index (κ3) is 5.78. The Labute approximate surface area is 219 Å². The van der Waals surface area contributed by atoms with Crippen LogP contribution in [0.5, 0.6) is 0 Å². The maximum Gasteiger partial charge on any atom is 0.246 e. The average Bonchev–Trinajstić information content (AvgIpc) is 3.44. The van der Waals surface area contributed by atoms with Crippen LogP contribution in [0.4, 0.5) is 0 Å². The molecule has 2 aliphatic carbocycles. The first-order chi connectivity index (χ1) is 17.7. The summed E-state index contributed by atoms with van der Waals surface area (Å²) in [5, 5.41) is 6.56. The number of aromatic nitrogens is 1.